The maximum absolute atomic E-state index is 13.0. The van der Waals surface area contributed by atoms with Crippen LogP contribution in [0.15, 0.2) is 54.3 Å². The summed E-state index contributed by atoms with van der Waals surface area (Å²) in [5, 5.41) is 0. The van der Waals surface area contributed by atoms with Gasteiger partial charge in [-0.05, 0) is 55.0 Å². The zero-order chi connectivity index (χ0) is 25.1. The van der Waals surface area contributed by atoms with Gasteiger partial charge in [0, 0.05) is 17.7 Å². The summed E-state index contributed by atoms with van der Waals surface area (Å²) in [6.07, 6.45) is 1.61. The minimum atomic E-state index is -0.589. The second-order valence-electron chi connectivity index (χ2n) is 7.62. The van der Waals surface area contributed by atoms with Gasteiger partial charge in [0.15, 0.2) is 17.3 Å². The normalized spacial score (nSPS) is 13.2. The van der Waals surface area contributed by atoms with Crippen molar-refractivity contribution in [2.75, 3.05) is 28.4 Å². The number of hydrogen-bond acceptors (Lipinski definition) is 8. The molecule has 0 saturated heterocycles. The fourth-order valence-electron chi connectivity index (χ4n) is 3.74. The Morgan fingerprint density at radius 3 is 2.23 bits per heavy atom. The van der Waals surface area contributed by atoms with Gasteiger partial charge in [0.05, 0.1) is 39.6 Å². The predicted molar refractivity (Wildman–Crippen MR) is 128 cm³/mol. The molecule has 0 bridgehead atoms. The molecule has 1 heterocycles. The third-order valence-electron chi connectivity index (χ3n) is 5.50. The highest BCUT2D eigenvalue weighted by atomic mass is 16.5. The van der Waals surface area contributed by atoms with Crippen LogP contribution in [0, 0.1) is 6.92 Å². The lowest BCUT2D eigenvalue weighted by molar-refractivity contribution is 0.0734. The Balaban J connectivity index is 1.60. The number of aryl methyl sites for hydroxylation is 1. The fraction of sp³-hybridized carbons (Fsp3) is 0.185. The summed E-state index contributed by atoms with van der Waals surface area (Å²) in [4.78, 5) is 25.8. The summed E-state index contributed by atoms with van der Waals surface area (Å²) in [7, 11) is 6.09. The molecular formula is C27H24O8. The minimum absolute atomic E-state index is 0.134. The van der Waals surface area contributed by atoms with E-state index in [1.807, 2.05) is 0 Å². The van der Waals surface area contributed by atoms with Crippen molar-refractivity contribution >= 4 is 17.8 Å². The molecule has 0 N–H and O–H groups in total. The molecular weight excluding hydrogens is 452 g/mol. The average molecular weight is 476 g/mol. The first-order chi connectivity index (χ1) is 16.9. The van der Waals surface area contributed by atoms with Gasteiger partial charge < -0.3 is 28.4 Å². The van der Waals surface area contributed by atoms with Crippen molar-refractivity contribution in [1.82, 2.24) is 0 Å². The molecule has 1 aliphatic rings. The molecule has 0 aromatic heterocycles. The van der Waals surface area contributed by atoms with Gasteiger partial charge in [-0.15, -0.1) is 0 Å². The molecule has 3 aromatic rings. The standard InChI is InChI=1S/C27H24O8/c1-15-10-19(34-27(29)17-7-9-20(31-3)22(12-17)33-5)14-23-25(15)26(28)24(35-23)11-16-6-8-18(30-2)13-21(16)32-4/h6-14H,1-5H3/b24-11-. The Morgan fingerprint density at radius 1 is 0.800 bits per heavy atom. The molecule has 0 unspecified atom stereocenters. The predicted octanol–water partition coefficient (Wildman–Crippen LogP) is 4.86. The van der Waals surface area contributed by atoms with Gasteiger partial charge in [-0.1, -0.05) is 0 Å². The zero-order valence-electron chi connectivity index (χ0n) is 20.0. The van der Waals surface area contributed by atoms with Crippen LogP contribution in [0.4, 0.5) is 0 Å². The number of hydrogen-bond donors (Lipinski definition) is 0. The van der Waals surface area contributed by atoms with Crippen molar-refractivity contribution in [1.29, 1.82) is 0 Å². The third kappa shape index (κ3) is 4.63. The highest BCUT2D eigenvalue weighted by Crippen LogP contribution is 2.39. The smallest absolute Gasteiger partial charge is 0.343 e. The molecule has 1 aliphatic heterocycles. The van der Waals surface area contributed by atoms with E-state index < -0.39 is 5.97 Å². The average Bonchev–Trinajstić information content (AvgIpc) is 3.18. The summed E-state index contributed by atoms with van der Waals surface area (Å²) in [5.41, 5.74) is 1.97. The van der Waals surface area contributed by atoms with E-state index in [1.54, 1.807) is 56.5 Å². The maximum Gasteiger partial charge on any atom is 0.343 e. The molecule has 0 fully saturated rings. The second-order valence-corrected chi connectivity index (χ2v) is 7.62. The number of rotatable bonds is 7. The highest BCUT2D eigenvalue weighted by molar-refractivity contribution is 6.15. The first kappa shape index (κ1) is 23.7. The Labute approximate surface area is 202 Å². The number of fused-ring (bicyclic) bond motifs is 1. The molecule has 0 atom stereocenters. The van der Waals surface area contributed by atoms with E-state index in [1.165, 1.54) is 33.5 Å². The number of ketones is 1. The summed E-state index contributed by atoms with van der Waals surface area (Å²) >= 11 is 0. The van der Waals surface area contributed by atoms with Crippen LogP contribution in [0.3, 0.4) is 0 Å². The summed E-state index contributed by atoms with van der Waals surface area (Å²) in [6, 6.07) is 13.1. The van der Waals surface area contributed by atoms with Gasteiger partial charge in [-0.25, -0.2) is 4.79 Å². The number of carbonyl (C=O) groups excluding carboxylic acids is 2. The molecule has 180 valence electrons. The molecule has 0 amide bonds. The van der Waals surface area contributed by atoms with E-state index in [-0.39, 0.29) is 22.9 Å². The SMILES string of the molecule is COc1ccc(/C=C2\Oc3cc(OC(=O)c4ccc(OC)c(OC)c4)cc(C)c3C2=O)c(OC)c1. The van der Waals surface area contributed by atoms with Crippen molar-refractivity contribution in [3.63, 3.8) is 0 Å². The van der Waals surface area contributed by atoms with Crippen molar-refractivity contribution < 1.29 is 38.0 Å². The summed E-state index contributed by atoms with van der Waals surface area (Å²) in [5.74, 6) is 1.90. The molecule has 0 radical (unpaired) electrons. The van der Waals surface area contributed by atoms with Gasteiger partial charge in [0.2, 0.25) is 5.78 Å². The maximum atomic E-state index is 13.0. The summed E-state index contributed by atoms with van der Waals surface area (Å²) < 4.78 is 32.5. The topological polar surface area (TPSA) is 89.5 Å². The van der Waals surface area contributed by atoms with Gasteiger partial charge in [0.25, 0.3) is 0 Å². The number of benzene rings is 3. The van der Waals surface area contributed by atoms with E-state index in [4.69, 9.17) is 28.4 Å². The molecule has 8 heteroatoms. The van der Waals surface area contributed by atoms with Crippen LogP contribution >= 0.6 is 0 Å². The number of Topliss-reactive ketones (excluding diaryl/α,β-unsaturated/α-hetero) is 1. The van der Waals surface area contributed by atoms with E-state index >= 15 is 0 Å². The quantitative estimate of drug-likeness (QED) is 0.271. The molecule has 0 saturated carbocycles. The molecule has 3 aromatic carbocycles. The van der Waals surface area contributed by atoms with Crippen molar-refractivity contribution in [3.05, 3.63) is 76.5 Å². The largest absolute Gasteiger partial charge is 0.497 e. The second kappa shape index (κ2) is 9.80. The van der Waals surface area contributed by atoms with Crippen LogP contribution in [0.2, 0.25) is 0 Å². The number of ether oxygens (including phenoxy) is 6. The summed E-state index contributed by atoms with van der Waals surface area (Å²) in [6.45, 7) is 1.75. The molecule has 0 aliphatic carbocycles. The first-order valence-corrected chi connectivity index (χ1v) is 10.6. The third-order valence-corrected chi connectivity index (χ3v) is 5.50. The van der Waals surface area contributed by atoms with Crippen LogP contribution in [0.5, 0.6) is 34.5 Å². The number of methoxy groups -OCH3 is 4. The van der Waals surface area contributed by atoms with Gasteiger partial charge in [-0.3, -0.25) is 4.79 Å². The van der Waals surface area contributed by atoms with Crippen LogP contribution < -0.4 is 28.4 Å². The van der Waals surface area contributed by atoms with Crippen molar-refractivity contribution in [2.24, 2.45) is 0 Å². The zero-order valence-corrected chi connectivity index (χ0v) is 20.0. The van der Waals surface area contributed by atoms with Crippen LogP contribution in [-0.2, 0) is 0 Å². The Morgan fingerprint density at radius 2 is 1.54 bits per heavy atom. The van der Waals surface area contributed by atoms with Gasteiger partial charge >= 0.3 is 5.97 Å². The molecule has 35 heavy (non-hydrogen) atoms. The number of esters is 1. The van der Waals surface area contributed by atoms with Crippen LogP contribution in [0.1, 0.15) is 31.8 Å². The monoisotopic (exact) mass is 476 g/mol. The molecule has 8 nitrogen and oxygen atoms in total. The van der Waals surface area contributed by atoms with Crippen LogP contribution in [0.25, 0.3) is 6.08 Å². The fourth-order valence-corrected chi connectivity index (χ4v) is 3.74. The van der Waals surface area contributed by atoms with Gasteiger partial charge in [-0.2, -0.15) is 0 Å². The number of carbonyl (C=O) groups is 2. The first-order valence-electron chi connectivity index (χ1n) is 10.6. The minimum Gasteiger partial charge on any atom is -0.497 e. The highest BCUT2D eigenvalue weighted by Gasteiger charge is 2.30. The Bertz CT molecular complexity index is 1340. The van der Waals surface area contributed by atoms with Crippen LogP contribution in [-0.4, -0.2) is 40.2 Å². The Hall–Kier alpha value is -4.46. The van der Waals surface area contributed by atoms with Crippen molar-refractivity contribution in [3.8, 4) is 34.5 Å². The lowest BCUT2D eigenvalue weighted by Crippen LogP contribution is -2.09. The van der Waals surface area contributed by atoms with E-state index in [0.717, 1.165) is 0 Å². The van der Waals surface area contributed by atoms with E-state index in [9.17, 15) is 9.59 Å². The molecule has 4 rings (SSSR count). The number of allylic oxidation sites excluding steroid dienone is 1. The Kier molecular flexibility index (Phi) is 6.64. The van der Waals surface area contributed by atoms with E-state index in [2.05, 4.69) is 0 Å². The lowest BCUT2D eigenvalue weighted by Gasteiger charge is -2.10. The van der Waals surface area contributed by atoms with E-state index in [0.29, 0.717) is 45.4 Å². The van der Waals surface area contributed by atoms with Gasteiger partial charge in [0.1, 0.15) is 23.0 Å². The molecule has 0 spiro atoms. The lowest BCUT2D eigenvalue weighted by atomic mass is 10.0. The van der Waals surface area contributed by atoms with Crippen molar-refractivity contribution in [2.45, 2.75) is 6.92 Å².